The Balaban J connectivity index is 2.06. The monoisotopic (exact) mass is 976 g/mol. The van der Waals surface area contributed by atoms with Crippen molar-refractivity contribution in [1.29, 1.82) is 0 Å². The number of carbonyl (C=O) groups excluding carboxylic acids is 1. The SMILES string of the molecule is CCCCCCC/C=C/CC/C=C/C(O)C(COC1OC(CO)C(O)C(O)C1O)NC(=O)CCCCCCCCCCCCCCCCCCC/C=C\CCCCCCCCCCCCCCCC. The largest absolute Gasteiger partial charge is 0.394 e. The van der Waals surface area contributed by atoms with Gasteiger partial charge in [0.05, 0.1) is 25.4 Å². The highest BCUT2D eigenvalue weighted by molar-refractivity contribution is 5.76. The number of ether oxygens (including phenoxy) is 2. The molecule has 6 N–H and O–H groups in total. The minimum atomic E-state index is -1.57. The van der Waals surface area contributed by atoms with Crippen LogP contribution in [0.2, 0.25) is 0 Å². The zero-order valence-corrected chi connectivity index (χ0v) is 45.1. The van der Waals surface area contributed by atoms with Crippen LogP contribution in [0.5, 0.6) is 0 Å². The molecule has 1 rings (SSSR count). The van der Waals surface area contributed by atoms with E-state index in [1.165, 1.54) is 225 Å². The Morgan fingerprint density at radius 1 is 0.478 bits per heavy atom. The average Bonchev–Trinajstić information content (AvgIpc) is 3.35. The molecule has 0 radical (unpaired) electrons. The van der Waals surface area contributed by atoms with Crippen LogP contribution in [0.15, 0.2) is 36.5 Å². The van der Waals surface area contributed by atoms with Gasteiger partial charge >= 0.3 is 0 Å². The Morgan fingerprint density at radius 3 is 1.22 bits per heavy atom. The summed E-state index contributed by atoms with van der Waals surface area (Å²) in [6.07, 6.45) is 58.3. The summed E-state index contributed by atoms with van der Waals surface area (Å²) in [6, 6.07) is -0.819. The fraction of sp³-hybridized carbons (Fsp3) is 0.883. The molecule has 0 aromatic carbocycles. The van der Waals surface area contributed by atoms with Crippen molar-refractivity contribution in [3.63, 3.8) is 0 Å². The second-order valence-corrected chi connectivity index (χ2v) is 20.8. The maximum absolute atomic E-state index is 13.0. The summed E-state index contributed by atoms with van der Waals surface area (Å²) in [5.41, 5.74) is 0. The molecule has 9 nitrogen and oxygen atoms in total. The van der Waals surface area contributed by atoms with Gasteiger partial charge in [-0.05, 0) is 57.8 Å². The Bertz CT molecular complexity index is 1180. The van der Waals surface area contributed by atoms with Gasteiger partial charge in [0.1, 0.15) is 24.4 Å². The summed E-state index contributed by atoms with van der Waals surface area (Å²) in [7, 11) is 0. The van der Waals surface area contributed by atoms with Crippen molar-refractivity contribution in [2.24, 2.45) is 0 Å². The number of aliphatic hydroxyl groups excluding tert-OH is 5. The van der Waals surface area contributed by atoms with E-state index in [1.807, 2.05) is 6.08 Å². The third-order valence-corrected chi connectivity index (χ3v) is 14.2. The van der Waals surface area contributed by atoms with E-state index in [2.05, 4.69) is 43.5 Å². The van der Waals surface area contributed by atoms with Crippen LogP contribution in [0.3, 0.4) is 0 Å². The van der Waals surface area contributed by atoms with Gasteiger partial charge in [0.15, 0.2) is 6.29 Å². The topological polar surface area (TPSA) is 149 Å². The Labute approximate surface area is 425 Å². The van der Waals surface area contributed by atoms with Gasteiger partial charge in [0.25, 0.3) is 0 Å². The van der Waals surface area contributed by atoms with Crippen LogP contribution in [0.25, 0.3) is 0 Å². The van der Waals surface area contributed by atoms with Crippen LogP contribution in [0.4, 0.5) is 0 Å². The van der Waals surface area contributed by atoms with Crippen LogP contribution >= 0.6 is 0 Å². The normalized spacial score (nSPS) is 19.7. The molecule has 9 heteroatoms. The van der Waals surface area contributed by atoms with Gasteiger partial charge in [-0.15, -0.1) is 0 Å². The molecular weight excluding hydrogens is 863 g/mol. The van der Waals surface area contributed by atoms with E-state index in [1.54, 1.807) is 6.08 Å². The highest BCUT2D eigenvalue weighted by Crippen LogP contribution is 2.23. The molecule has 1 fully saturated rings. The molecule has 69 heavy (non-hydrogen) atoms. The van der Waals surface area contributed by atoms with Gasteiger partial charge in [-0.2, -0.15) is 0 Å². The molecule has 0 aromatic rings. The molecule has 7 atom stereocenters. The first-order valence-corrected chi connectivity index (χ1v) is 29.7. The highest BCUT2D eigenvalue weighted by Gasteiger charge is 2.44. The molecule has 1 aliphatic heterocycles. The van der Waals surface area contributed by atoms with Crippen molar-refractivity contribution in [3.8, 4) is 0 Å². The van der Waals surface area contributed by atoms with E-state index in [9.17, 15) is 30.3 Å². The van der Waals surface area contributed by atoms with Crippen LogP contribution in [-0.2, 0) is 14.3 Å². The first-order chi connectivity index (χ1) is 33.8. The van der Waals surface area contributed by atoms with E-state index in [0.717, 1.165) is 38.5 Å². The number of allylic oxidation sites excluding steroid dienone is 5. The number of rotatable bonds is 51. The highest BCUT2D eigenvalue weighted by atomic mass is 16.7. The Morgan fingerprint density at radius 2 is 0.826 bits per heavy atom. The van der Waals surface area contributed by atoms with Crippen LogP contribution < -0.4 is 5.32 Å². The fourth-order valence-corrected chi connectivity index (χ4v) is 9.46. The van der Waals surface area contributed by atoms with Crippen molar-refractivity contribution < 1.29 is 39.8 Å². The van der Waals surface area contributed by atoms with Gasteiger partial charge in [-0.1, -0.05) is 256 Å². The zero-order chi connectivity index (χ0) is 50.1. The van der Waals surface area contributed by atoms with E-state index >= 15 is 0 Å². The van der Waals surface area contributed by atoms with E-state index in [0.29, 0.717) is 6.42 Å². The standard InChI is InChI=1S/C60H113NO8/c1-3-5-7-9-11-13-15-16-17-18-19-20-21-22-23-24-25-26-27-28-29-30-31-32-33-34-35-36-37-38-40-42-44-46-48-50-56(64)61-53(52-68-60-59(67)58(66)57(65)55(51-62)69-60)54(63)49-47-45-43-41-39-14-12-10-8-6-4-2/h24-25,39,41,47,49,53-55,57-60,62-63,65-67H,3-23,26-38,40,42-46,48,50-52H2,1-2H3,(H,61,64)/b25-24-,41-39+,49-47+. The lowest BCUT2D eigenvalue weighted by atomic mass is 9.99. The summed E-state index contributed by atoms with van der Waals surface area (Å²) in [5, 5.41) is 54.3. The molecule has 1 aliphatic rings. The molecule has 0 saturated carbocycles. The molecular formula is C60H113NO8. The minimum Gasteiger partial charge on any atom is -0.394 e. The van der Waals surface area contributed by atoms with Crippen molar-refractivity contribution >= 4 is 5.91 Å². The molecule has 406 valence electrons. The Hall–Kier alpha value is -1.59. The van der Waals surface area contributed by atoms with Crippen molar-refractivity contribution in [1.82, 2.24) is 5.32 Å². The number of unbranched alkanes of at least 4 members (excludes halogenated alkanes) is 37. The molecule has 1 amide bonds. The van der Waals surface area contributed by atoms with Crippen LogP contribution in [0.1, 0.15) is 284 Å². The minimum absolute atomic E-state index is 0.185. The molecule has 1 heterocycles. The number of aliphatic hydroxyl groups is 5. The maximum atomic E-state index is 13.0. The number of hydrogen-bond acceptors (Lipinski definition) is 8. The first-order valence-electron chi connectivity index (χ1n) is 29.7. The molecule has 0 aliphatic carbocycles. The predicted molar refractivity (Wildman–Crippen MR) is 290 cm³/mol. The lowest BCUT2D eigenvalue weighted by Crippen LogP contribution is -2.60. The van der Waals surface area contributed by atoms with Gasteiger partial charge in [-0.25, -0.2) is 0 Å². The van der Waals surface area contributed by atoms with Gasteiger partial charge in [-0.3, -0.25) is 4.79 Å². The molecule has 0 bridgehead atoms. The molecule has 7 unspecified atom stereocenters. The molecule has 0 spiro atoms. The average molecular weight is 977 g/mol. The number of nitrogens with one attached hydrogen (secondary N) is 1. The smallest absolute Gasteiger partial charge is 0.220 e. The second-order valence-electron chi connectivity index (χ2n) is 20.8. The summed E-state index contributed by atoms with van der Waals surface area (Å²) in [5.74, 6) is -0.185. The van der Waals surface area contributed by atoms with E-state index in [-0.39, 0.29) is 12.5 Å². The van der Waals surface area contributed by atoms with Gasteiger partial charge in [0.2, 0.25) is 5.91 Å². The first kappa shape index (κ1) is 65.4. The number of carbonyl (C=O) groups is 1. The maximum Gasteiger partial charge on any atom is 0.220 e. The van der Waals surface area contributed by atoms with Gasteiger partial charge < -0.3 is 40.3 Å². The van der Waals surface area contributed by atoms with E-state index < -0.39 is 49.5 Å². The van der Waals surface area contributed by atoms with Crippen LogP contribution in [-0.4, -0.2) is 87.5 Å². The predicted octanol–water partition coefficient (Wildman–Crippen LogP) is 14.7. The van der Waals surface area contributed by atoms with E-state index in [4.69, 9.17) is 9.47 Å². The Kier molecular flexibility index (Phi) is 47.4. The summed E-state index contributed by atoms with van der Waals surface area (Å²) < 4.78 is 11.2. The number of amides is 1. The van der Waals surface area contributed by atoms with Crippen molar-refractivity contribution in [3.05, 3.63) is 36.5 Å². The lowest BCUT2D eigenvalue weighted by molar-refractivity contribution is -0.302. The fourth-order valence-electron chi connectivity index (χ4n) is 9.46. The number of hydrogen-bond donors (Lipinski definition) is 6. The second kappa shape index (κ2) is 50.0. The molecule has 0 aromatic heterocycles. The van der Waals surface area contributed by atoms with Crippen molar-refractivity contribution in [2.75, 3.05) is 13.2 Å². The van der Waals surface area contributed by atoms with Crippen molar-refractivity contribution in [2.45, 2.75) is 326 Å². The molecule has 1 saturated heterocycles. The summed E-state index contributed by atoms with van der Waals surface area (Å²) >= 11 is 0. The van der Waals surface area contributed by atoms with Crippen LogP contribution in [0, 0.1) is 0 Å². The van der Waals surface area contributed by atoms with Gasteiger partial charge in [0, 0.05) is 6.42 Å². The lowest BCUT2D eigenvalue weighted by Gasteiger charge is -2.40. The third kappa shape index (κ3) is 39.6. The quantitative estimate of drug-likeness (QED) is 0.0261. The third-order valence-electron chi connectivity index (χ3n) is 14.2. The summed E-state index contributed by atoms with van der Waals surface area (Å²) in [6.45, 7) is 3.75. The summed E-state index contributed by atoms with van der Waals surface area (Å²) in [4.78, 5) is 13.0. The zero-order valence-electron chi connectivity index (χ0n) is 45.1.